The van der Waals surface area contributed by atoms with Crippen LogP contribution in [0.3, 0.4) is 0 Å². The molecule has 2 aromatic carbocycles. The van der Waals surface area contributed by atoms with Gasteiger partial charge in [-0.15, -0.1) is 0 Å². The highest BCUT2D eigenvalue weighted by Crippen LogP contribution is 2.27. The minimum Gasteiger partial charge on any atom is -0.482 e. The summed E-state index contributed by atoms with van der Waals surface area (Å²) in [6, 6.07) is 15.6. The van der Waals surface area contributed by atoms with E-state index >= 15 is 0 Å². The van der Waals surface area contributed by atoms with Crippen LogP contribution in [0.4, 0.5) is 0 Å². The van der Waals surface area contributed by atoms with Crippen molar-refractivity contribution in [2.45, 2.75) is 25.8 Å². The molecule has 23 heavy (non-hydrogen) atoms. The van der Waals surface area contributed by atoms with Crippen molar-refractivity contribution >= 4 is 33.4 Å². The van der Waals surface area contributed by atoms with E-state index in [9.17, 15) is 4.79 Å². The molecule has 0 heterocycles. The summed E-state index contributed by atoms with van der Waals surface area (Å²) in [5.41, 5.74) is 1.27. The van der Waals surface area contributed by atoms with Gasteiger partial charge in [0.2, 0.25) is 0 Å². The molecule has 0 unspecified atom stereocenters. The van der Waals surface area contributed by atoms with Crippen LogP contribution in [0.5, 0.6) is 5.75 Å². The minimum absolute atomic E-state index is 0.0446. The maximum atomic E-state index is 11.9. The van der Waals surface area contributed by atoms with Crippen molar-refractivity contribution in [1.82, 2.24) is 5.32 Å². The molecule has 122 valence electrons. The van der Waals surface area contributed by atoms with Crippen LogP contribution in [-0.2, 0) is 11.2 Å². The predicted molar refractivity (Wildman–Crippen MR) is 97.0 cm³/mol. The van der Waals surface area contributed by atoms with Crippen LogP contribution in [0.15, 0.2) is 53.0 Å². The standard InChI is InChI=1S/C18H19BrClNO2/c1-13(7-8-14-5-3-2-4-6-14)21-18(22)12-23-17-10-9-15(19)11-16(17)20/h2-6,9-11,13H,7-8,12H2,1H3,(H,21,22)/t13-/m1/s1. The zero-order valence-corrected chi connectivity index (χ0v) is 15.2. The van der Waals surface area contributed by atoms with Gasteiger partial charge in [0.05, 0.1) is 5.02 Å². The Labute approximate surface area is 150 Å². The summed E-state index contributed by atoms with van der Waals surface area (Å²) in [7, 11) is 0. The molecular formula is C18H19BrClNO2. The lowest BCUT2D eigenvalue weighted by molar-refractivity contribution is -0.123. The summed E-state index contributed by atoms with van der Waals surface area (Å²) in [4.78, 5) is 11.9. The molecule has 0 bridgehead atoms. The quantitative estimate of drug-likeness (QED) is 0.741. The summed E-state index contributed by atoms with van der Waals surface area (Å²) >= 11 is 9.38. The maximum Gasteiger partial charge on any atom is 0.258 e. The average Bonchev–Trinajstić information content (AvgIpc) is 2.53. The molecule has 0 aliphatic heterocycles. The smallest absolute Gasteiger partial charge is 0.258 e. The second-order valence-corrected chi connectivity index (χ2v) is 6.68. The van der Waals surface area contributed by atoms with E-state index < -0.39 is 0 Å². The highest BCUT2D eigenvalue weighted by Gasteiger charge is 2.10. The molecule has 2 aromatic rings. The number of benzene rings is 2. The Bertz CT molecular complexity index is 649. The van der Waals surface area contributed by atoms with Crippen LogP contribution in [0, 0.1) is 0 Å². The first-order valence-corrected chi connectivity index (χ1v) is 8.63. The molecular weight excluding hydrogens is 378 g/mol. The van der Waals surface area contributed by atoms with E-state index in [0.29, 0.717) is 10.8 Å². The van der Waals surface area contributed by atoms with Gasteiger partial charge in [-0.25, -0.2) is 0 Å². The molecule has 1 N–H and O–H groups in total. The topological polar surface area (TPSA) is 38.3 Å². The number of rotatable bonds is 7. The van der Waals surface area contributed by atoms with Crippen molar-refractivity contribution in [3.63, 3.8) is 0 Å². The van der Waals surface area contributed by atoms with E-state index in [-0.39, 0.29) is 18.6 Å². The van der Waals surface area contributed by atoms with Crippen LogP contribution < -0.4 is 10.1 Å². The van der Waals surface area contributed by atoms with Gasteiger partial charge in [-0.1, -0.05) is 57.9 Å². The second kappa shape index (κ2) is 8.94. The molecule has 0 aromatic heterocycles. The van der Waals surface area contributed by atoms with Gasteiger partial charge in [0.25, 0.3) is 5.91 Å². The lowest BCUT2D eigenvalue weighted by Gasteiger charge is -2.14. The van der Waals surface area contributed by atoms with Gasteiger partial charge >= 0.3 is 0 Å². The normalized spacial score (nSPS) is 11.8. The third kappa shape index (κ3) is 6.24. The lowest BCUT2D eigenvalue weighted by atomic mass is 10.1. The molecule has 3 nitrogen and oxygen atoms in total. The van der Waals surface area contributed by atoms with E-state index in [1.54, 1.807) is 12.1 Å². The van der Waals surface area contributed by atoms with Gasteiger partial charge in [0.1, 0.15) is 5.75 Å². The zero-order valence-electron chi connectivity index (χ0n) is 12.9. The fraction of sp³-hybridized carbons (Fsp3) is 0.278. The minimum atomic E-state index is -0.149. The first-order valence-electron chi connectivity index (χ1n) is 7.45. The lowest BCUT2D eigenvalue weighted by Crippen LogP contribution is -2.36. The number of hydrogen-bond acceptors (Lipinski definition) is 2. The fourth-order valence-corrected chi connectivity index (χ4v) is 2.88. The number of halogens is 2. The van der Waals surface area contributed by atoms with Gasteiger partial charge in [0.15, 0.2) is 6.61 Å². The third-order valence-corrected chi connectivity index (χ3v) is 4.16. The molecule has 0 aliphatic rings. The number of aryl methyl sites for hydroxylation is 1. The molecule has 1 atom stereocenters. The summed E-state index contributed by atoms with van der Waals surface area (Å²) < 4.78 is 6.32. The Morgan fingerprint density at radius 2 is 2.00 bits per heavy atom. The number of hydrogen-bond donors (Lipinski definition) is 1. The van der Waals surface area contributed by atoms with Gasteiger partial charge in [-0.05, 0) is 43.5 Å². The Morgan fingerprint density at radius 1 is 1.26 bits per heavy atom. The van der Waals surface area contributed by atoms with E-state index in [2.05, 4.69) is 33.4 Å². The molecule has 1 amide bonds. The van der Waals surface area contributed by atoms with Crippen LogP contribution in [-0.4, -0.2) is 18.6 Å². The van der Waals surface area contributed by atoms with Gasteiger partial charge < -0.3 is 10.1 Å². The number of amides is 1. The van der Waals surface area contributed by atoms with E-state index in [0.717, 1.165) is 17.3 Å². The molecule has 0 radical (unpaired) electrons. The average molecular weight is 397 g/mol. The molecule has 0 fully saturated rings. The number of carbonyl (C=O) groups excluding carboxylic acids is 1. The van der Waals surface area contributed by atoms with Crippen LogP contribution >= 0.6 is 27.5 Å². The number of nitrogens with one attached hydrogen (secondary N) is 1. The van der Waals surface area contributed by atoms with Gasteiger partial charge in [0, 0.05) is 10.5 Å². The van der Waals surface area contributed by atoms with E-state index in [4.69, 9.17) is 16.3 Å². The van der Waals surface area contributed by atoms with Crippen molar-refractivity contribution in [3.05, 3.63) is 63.6 Å². The summed E-state index contributed by atoms with van der Waals surface area (Å²) in [5, 5.41) is 3.41. The van der Waals surface area contributed by atoms with Crippen molar-refractivity contribution in [2.75, 3.05) is 6.61 Å². The SMILES string of the molecule is C[C@H](CCc1ccccc1)NC(=O)COc1ccc(Br)cc1Cl. The van der Waals surface area contributed by atoms with Crippen LogP contribution in [0.2, 0.25) is 5.02 Å². The molecule has 0 spiro atoms. The first kappa shape index (κ1) is 17.8. The summed E-state index contributed by atoms with van der Waals surface area (Å²) in [6.07, 6.45) is 1.82. The molecule has 0 aliphatic carbocycles. The fourth-order valence-electron chi connectivity index (χ4n) is 2.15. The van der Waals surface area contributed by atoms with Crippen molar-refractivity contribution in [2.24, 2.45) is 0 Å². The van der Waals surface area contributed by atoms with Crippen molar-refractivity contribution in [1.29, 1.82) is 0 Å². The summed E-state index contributed by atoms with van der Waals surface area (Å²) in [5.74, 6) is 0.353. The zero-order chi connectivity index (χ0) is 16.7. The van der Waals surface area contributed by atoms with Crippen molar-refractivity contribution < 1.29 is 9.53 Å². The highest BCUT2D eigenvalue weighted by atomic mass is 79.9. The van der Waals surface area contributed by atoms with Crippen LogP contribution in [0.25, 0.3) is 0 Å². The number of ether oxygens (including phenoxy) is 1. The third-order valence-electron chi connectivity index (χ3n) is 3.37. The predicted octanol–water partition coefficient (Wildman–Crippen LogP) is 4.62. The molecule has 0 saturated heterocycles. The van der Waals surface area contributed by atoms with E-state index in [1.165, 1.54) is 5.56 Å². The first-order chi connectivity index (χ1) is 11.0. The van der Waals surface area contributed by atoms with E-state index in [1.807, 2.05) is 31.2 Å². The van der Waals surface area contributed by atoms with Crippen molar-refractivity contribution in [3.8, 4) is 5.75 Å². The second-order valence-electron chi connectivity index (χ2n) is 5.36. The Hall–Kier alpha value is -1.52. The Kier molecular flexibility index (Phi) is 6.93. The Morgan fingerprint density at radius 3 is 2.70 bits per heavy atom. The van der Waals surface area contributed by atoms with Gasteiger partial charge in [-0.3, -0.25) is 4.79 Å². The highest BCUT2D eigenvalue weighted by molar-refractivity contribution is 9.10. The largest absolute Gasteiger partial charge is 0.482 e. The molecule has 0 saturated carbocycles. The van der Waals surface area contributed by atoms with Gasteiger partial charge in [-0.2, -0.15) is 0 Å². The monoisotopic (exact) mass is 395 g/mol. The number of carbonyl (C=O) groups is 1. The molecule has 5 heteroatoms. The maximum absolute atomic E-state index is 11.9. The molecule has 2 rings (SSSR count). The Balaban J connectivity index is 1.73. The summed E-state index contributed by atoms with van der Waals surface area (Å²) in [6.45, 7) is 1.95. The van der Waals surface area contributed by atoms with Crippen LogP contribution in [0.1, 0.15) is 18.9 Å².